The van der Waals surface area contributed by atoms with Crippen molar-refractivity contribution in [1.29, 1.82) is 0 Å². The van der Waals surface area contributed by atoms with Crippen LogP contribution in [0.4, 0.5) is 0 Å². The van der Waals surface area contributed by atoms with Crippen LogP contribution in [0, 0.1) is 0 Å². The molecule has 0 radical (unpaired) electrons. The van der Waals surface area contributed by atoms with Crippen LogP contribution in [0.1, 0.15) is 17.4 Å². The number of rotatable bonds is 3. The van der Waals surface area contributed by atoms with Gasteiger partial charge in [-0.15, -0.1) is 0 Å². The third-order valence-corrected chi connectivity index (χ3v) is 3.09. The topological polar surface area (TPSA) is 63.9 Å². The molecule has 6 heteroatoms. The van der Waals surface area contributed by atoms with Crippen LogP contribution in [0.25, 0.3) is 0 Å². The van der Waals surface area contributed by atoms with E-state index in [1.54, 1.807) is 25.4 Å². The summed E-state index contributed by atoms with van der Waals surface area (Å²) < 4.78 is 5.88. The molecule has 0 saturated carbocycles. The number of ether oxygens (including phenoxy) is 1. The Balaban J connectivity index is 2.31. The molecule has 4 nitrogen and oxygen atoms in total. The molecule has 1 unspecified atom stereocenters. The first-order chi connectivity index (χ1) is 8.11. The summed E-state index contributed by atoms with van der Waals surface area (Å²) >= 11 is 9.34. The van der Waals surface area contributed by atoms with Crippen molar-refractivity contribution in [1.82, 2.24) is 9.97 Å². The van der Waals surface area contributed by atoms with Gasteiger partial charge in [-0.3, -0.25) is 0 Å². The van der Waals surface area contributed by atoms with E-state index in [9.17, 15) is 0 Å². The van der Waals surface area contributed by atoms with Crippen LogP contribution in [-0.4, -0.2) is 17.1 Å². The van der Waals surface area contributed by atoms with Crippen molar-refractivity contribution < 1.29 is 4.74 Å². The van der Waals surface area contributed by atoms with Crippen molar-refractivity contribution in [3.63, 3.8) is 0 Å². The molecule has 0 aliphatic rings. The standard InChI is InChI=1S/C11H11BrClN3O/c1-17-8-3-2-6(4-7(8)13)10(14)11-15-5-9(12)16-11/h2-5,10H,14H2,1H3,(H,15,16). The van der Waals surface area contributed by atoms with Crippen molar-refractivity contribution in [3.05, 3.63) is 45.4 Å². The number of imidazole rings is 1. The van der Waals surface area contributed by atoms with Crippen LogP contribution < -0.4 is 10.5 Å². The van der Waals surface area contributed by atoms with Crippen molar-refractivity contribution in [2.24, 2.45) is 5.73 Å². The second-order valence-electron chi connectivity index (χ2n) is 3.49. The van der Waals surface area contributed by atoms with E-state index in [-0.39, 0.29) is 6.04 Å². The minimum atomic E-state index is -0.343. The summed E-state index contributed by atoms with van der Waals surface area (Å²) in [6.45, 7) is 0. The number of methoxy groups -OCH3 is 1. The lowest BCUT2D eigenvalue weighted by Crippen LogP contribution is -2.13. The fourth-order valence-corrected chi connectivity index (χ4v) is 2.08. The number of aromatic nitrogens is 2. The molecule has 1 atom stereocenters. The van der Waals surface area contributed by atoms with Crippen molar-refractivity contribution in [2.75, 3.05) is 7.11 Å². The summed E-state index contributed by atoms with van der Waals surface area (Å²) in [6, 6.07) is 5.09. The van der Waals surface area contributed by atoms with Crippen LogP contribution in [-0.2, 0) is 0 Å². The smallest absolute Gasteiger partial charge is 0.137 e. The zero-order valence-electron chi connectivity index (χ0n) is 9.08. The molecule has 0 spiro atoms. The van der Waals surface area contributed by atoms with E-state index in [0.29, 0.717) is 16.6 Å². The van der Waals surface area contributed by atoms with Gasteiger partial charge in [0.2, 0.25) is 0 Å². The number of halogens is 2. The van der Waals surface area contributed by atoms with Crippen LogP contribution >= 0.6 is 27.5 Å². The predicted molar refractivity (Wildman–Crippen MR) is 70.3 cm³/mol. The maximum atomic E-state index is 6.08. The van der Waals surface area contributed by atoms with Gasteiger partial charge in [0.25, 0.3) is 0 Å². The summed E-state index contributed by atoms with van der Waals surface area (Å²) in [6.07, 6.45) is 1.67. The largest absolute Gasteiger partial charge is 0.495 e. The number of hydrogen-bond acceptors (Lipinski definition) is 3. The lowest BCUT2D eigenvalue weighted by molar-refractivity contribution is 0.415. The molecule has 2 rings (SSSR count). The quantitative estimate of drug-likeness (QED) is 0.915. The van der Waals surface area contributed by atoms with Crippen LogP contribution in [0.5, 0.6) is 5.75 Å². The summed E-state index contributed by atoms with van der Waals surface area (Å²) in [5, 5.41) is 0.533. The molecular formula is C11H11BrClN3O. The van der Waals surface area contributed by atoms with E-state index in [1.807, 2.05) is 6.07 Å². The van der Waals surface area contributed by atoms with Crippen molar-refractivity contribution in [3.8, 4) is 5.75 Å². The Morgan fingerprint density at radius 1 is 1.53 bits per heavy atom. The molecule has 0 aliphatic carbocycles. The Labute approximate surface area is 112 Å². The minimum absolute atomic E-state index is 0.343. The molecule has 17 heavy (non-hydrogen) atoms. The van der Waals surface area contributed by atoms with Gasteiger partial charge >= 0.3 is 0 Å². The number of nitrogens with zero attached hydrogens (tertiary/aromatic N) is 1. The van der Waals surface area contributed by atoms with E-state index in [2.05, 4.69) is 25.9 Å². The van der Waals surface area contributed by atoms with Gasteiger partial charge in [0.15, 0.2) is 0 Å². The van der Waals surface area contributed by atoms with E-state index in [4.69, 9.17) is 22.1 Å². The Morgan fingerprint density at radius 3 is 2.82 bits per heavy atom. The summed E-state index contributed by atoms with van der Waals surface area (Å²) in [5.41, 5.74) is 6.95. The first-order valence-corrected chi connectivity index (χ1v) is 6.08. The first-order valence-electron chi connectivity index (χ1n) is 4.91. The fraction of sp³-hybridized carbons (Fsp3) is 0.182. The second-order valence-corrected chi connectivity index (χ2v) is 4.75. The predicted octanol–water partition coefficient (Wildman–Crippen LogP) is 2.88. The van der Waals surface area contributed by atoms with Crippen LogP contribution in [0.3, 0.4) is 0 Å². The lowest BCUT2D eigenvalue weighted by atomic mass is 10.1. The molecule has 90 valence electrons. The lowest BCUT2D eigenvalue weighted by Gasteiger charge is -2.11. The average molecular weight is 317 g/mol. The molecule has 1 aromatic heterocycles. The molecule has 1 heterocycles. The van der Waals surface area contributed by atoms with E-state index >= 15 is 0 Å². The summed E-state index contributed by atoms with van der Waals surface area (Å²) in [7, 11) is 1.57. The van der Waals surface area contributed by atoms with Gasteiger partial charge in [-0.2, -0.15) is 0 Å². The number of H-pyrrole nitrogens is 1. The third kappa shape index (κ3) is 2.62. The Bertz CT molecular complexity index is 529. The van der Waals surface area contributed by atoms with Gasteiger partial charge in [0.05, 0.1) is 24.4 Å². The molecule has 2 aromatic rings. The molecule has 0 bridgehead atoms. The van der Waals surface area contributed by atoms with Crippen LogP contribution in [0.2, 0.25) is 5.02 Å². The SMILES string of the molecule is COc1ccc(C(N)c2ncc(Br)[nH]2)cc1Cl. The summed E-state index contributed by atoms with van der Waals surface area (Å²) in [5.74, 6) is 1.31. The highest BCUT2D eigenvalue weighted by atomic mass is 79.9. The highest BCUT2D eigenvalue weighted by Gasteiger charge is 2.14. The Hall–Kier alpha value is -1.04. The average Bonchev–Trinajstić information content (AvgIpc) is 2.75. The highest BCUT2D eigenvalue weighted by Crippen LogP contribution is 2.28. The number of benzene rings is 1. The second kappa shape index (κ2) is 5.08. The van der Waals surface area contributed by atoms with Crippen LogP contribution in [0.15, 0.2) is 29.0 Å². The zero-order valence-corrected chi connectivity index (χ0v) is 11.4. The number of aromatic amines is 1. The van der Waals surface area contributed by atoms with Crippen molar-refractivity contribution in [2.45, 2.75) is 6.04 Å². The zero-order chi connectivity index (χ0) is 12.4. The maximum Gasteiger partial charge on any atom is 0.137 e. The number of nitrogens with two attached hydrogens (primary N) is 1. The Morgan fingerprint density at radius 2 is 2.29 bits per heavy atom. The monoisotopic (exact) mass is 315 g/mol. The molecule has 0 saturated heterocycles. The molecule has 3 N–H and O–H groups in total. The third-order valence-electron chi connectivity index (χ3n) is 2.39. The fourth-order valence-electron chi connectivity index (χ4n) is 1.51. The minimum Gasteiger partial charge on any atom is -0.495 e. The molecule has 1 aromatic carbocycles. The molecule has 0 aliphatic heterocycles. The highest BCUT2D eigenvalue weighted by molar-refractivity contribution is 9.10. The van der Waals surface area contributed by atoms with Gasteiger partial charge in [-0.1, -0.05) is 17.7 Å². The molecule has 0 fully saturated rings. The van der Waals surface area contributed by atoms with Gasteiger partial charge < -0.3 is 15.5 Å². The van der Waals surface area contributed by atoms with E-state index in [0.717, 1.165) is 10.2 Å². The van der Waals surface area contributed by atoms with Gasteiger partial charge in [-0.05, 0) is 33.6 Å². The molecular weight excluding hydrogens is 305 g/mol. The van der Waals surface area contributed by atoms with Crippen molar-refractivity contribution >= 4 is 27.5 Å². The van der Waals surface area contributed by atoms with Gasteiger partial charge in [0.1, 0.15) is 16.2 Å². The first kappa shape index (κ1) is 12.4. The number of hydrogen-bond donors (Lipinski definition) is 2. The van der Waals surface area contributed by atoms with Gasteiger partial charge in [-0.25, -0.2) is 4.98 Å². The normalized spacial score (nSPS) is 12.5. The van der Waals surface area contributed by atoms with Gasteiger partial charge in [0, 0.05) is 0 Å². The Kier molecular flexibility index (Phi) is 3.71. The van der Waals surface area contributed by atoms with E-state index in [1.165, 1.54) is 0 Å². The van der Waals surface area contributed by atoms with E-state index < -0.39 is 0 Å². The maximum absolute atomic E-state index is 6.08. The summed E-state index contributed by atoms with van der Waals surface area (Å²) in [4.78, 5) is 7.19. The number of nitrogens with one attached hydrogen (secondary N) is 1. The molecule has 0 amide bonds.